The SMILES string of the molecule is Cc1c(C(=O)N(Cc2nc3ccccc3c(=O)[nH]2)C(C)C)cc([N+](=O)[O-])cc1[N+](=O)[O-]. The lowest BCUT2D eigenvalue weighted by molar-refractivity contribution is -0.394. The van der Waals surface area contributed by atoms with E-state index < -0.39 is 27.1 Å². The van der Waals surface area contributed by atoms with E-state index in [1.807, 2.05) is 0 Å². The standard InChI is InChI=1S/C20H19N5O6/c1-11(2)23(10-18-21-16-7-5-4-6-14(16)19(26)22-18)20(27)15-8-13(24(28)29)9-17(12(15)3)25(30)31/h4-9,11H,10H2,1-3H3,(H,21,22,26). The summed E-state index contributed by atoms with van der Waals surface area (Å²) in [7, 11) is 0. The van der Waals surface area contributed by atoms with Crippen LogP contribution in [0.5, 0.6) is 0 Å². The van der Waals surface area contributed by atoms with Crippen molar-refractivity contribution in [1.29, 1.82) is 0 Å². The summed E-state index contributed by atoms with van der Waals surface area (Å²) in [6.07, 6.45) is 0. The molecule has 3 rings (SSSR count). The van der Waals surface area contributed by atoms with Crippen molar-refractivity contribution in [2.24, 2.45) is 0 Å². The Morgan fingerprint density at radius 3 is 2.45 bits per heavy atom. The van der Waals surface area contributed by atoms with Crippen LogP contribution in [0.1, 0.15) is 35.6 Å². The molecule has 0 bridgehead atoms. The number of para-hydroxylation sites is 1. The highest BCUT2D eigenvalue weighted by Crippen LogP contribution is 2.29. The van der Waals surface area contributed by atoms with Crippen molar-refractivity contribution in [1.82, 2.24) is 14.9 Å². The zero-order valence-electron chi connectivity index (χ0n) is 17.0. The van der Waals surface area contributed by atoms with Crippen molar-refractivity contribution >= 4 is 28.2 Å². The Morgan fingerprint density at radius 2 is 1.84 bits per heavy atom. The van der Waals surface area contributed by atoms with Crippen molar-refractivity contribution in [3.63, 3.8) is 0 Å². The number of hydrogen-bond acceptors (Lipinski definition) is 7. The van der Waals surface area contributed by atoms with Gasteiger partial charge in [-0.05, 0) is 32.9 Å². The van der Waals surface area contributed by atoms with Gasteiger partial charge in [0.15, 0.2) is 0 Å². The molecule has 0 aliphatic rings. The van der Waals surface area contributed by atoms with E-state index in [1.54, 1.807) is 38.1 Å². The molecule has 0 saturated heterocycles. The van der Waals surface area contributed by atoms with E-state index in [1.165, 1.54) is 11.8 Å². The summed E-state index contributed by atoms with van der Waals surface area (Å²) in [4.78, 5) is 55.0. The van der Waals surface area contributed by atoms with Crippen LogP contribution in [0.4, 0.5) is 11.4 Å². The average molecular weight is 425 g/mol. The zero-order chi connectivity index (χ0) is 22.9. The fourth-order valence-corrected chi connectivity index (χ4v) is 3.22. The first-order valence-corrected chi connectivity index (χ1v) is 9.32. The predicted molar refractivity (Wildman–Crippen MR) is 112 cm³/mol. The third-order valence-corrected chi connectivity index (χ3v) is 4.87. The number of hydrogen-bond donors (Lipinski definition) is 1. The van der Waals surface area contributed by atoms with E-state index in [0.29, 0.717) is 10.9 Å². The molecule has 0 saturated carbocycles. The molecule has 11 nitrogen and oxygen atoms in total. The second-order valence-electron chi connectivity index (χ2n) is 7.21. The van der Waals surface area contributed by atoms with Gasteiger partial charge in [0.25, 0.3) is 22.8 Å². The van der Waals surface area contributed by atoms with Gasteiger partial charge in [-0.2, -0.15) is 0 Å². The van der Waals surface area contributed by atoms with Crippen molar-refractivity contribution < 1.29 is 14.6 Å². The Hall–Kier alpha value is -4.15. The highest BCUT2D eigenvalue weighted by atomic mass is 16.6. The summed E-state index contributed by atoms with van der Waals surface area (Å²) in [5.41, 5.74) is -1.11. The molecule has 11 heteroatoms. The minimum atomic E-state index is -0.786. The fraction of sp³-hybridized carbons (Fsp3) is 0.250. The van der Waals surface area contributed by atoms with Gasteiger partial charge in [0.1, 0.15) is 5.82 Å². The lowest BCUT2D eigenvalue weighted by Crippen LogP contribution is -2.38. The molecular weight excluding hydrogens is 406 g/mol. The van der Waals surface area contributed by atoms with Gasteiger partial charge in [-0.1, -0.05) is 12.1 Å². The highest BCUT2D eigenvalue weighted by molar-refractivity contribution is 5.97. The van der Waals surface area contributed by atoms with Crippen LogP contribution < -0.4 is 5.56 Å². The second kappa shape index (κ2) is 8.30. The Morgan fingerprint density at radius 1 is 1.16 bits per heavy atom. The lowest BCUT2D eigenvalue weighted by Gasteiger charge is -2.27. The summed E-state index contributed by atoms with van der Waals surface area (Å²) >= 11 is 0. The van der Waals surface area contributed by atoms with Crippen molar-refractivity contribution in [3.05, 3.63) is 83.9 Å². The van der Waals surface area contributed by atoms with E-state index in [4.69, 9.17) is 0 Å². The summed E-state index contributed by atoms with van der Waals surface area (Å²) in [5, 5.41) is 23.0. The van der Waals surface area contributed by atoms with Crippen LogP contribution in [0.25, 0.3) is 10.9 Å². The third-order valence-electron chi connectivity index (χ3n) is 4.87. The molecule has 1 heterocycles. The monoisotopic (exact) mass is 425 g/mol. The van der Waals surface area contributed by atoms with E-state index in [9.17, 15) is 29.8 Å². The number of aromatic nitrogens is 2. The third kappa shape index (κ3) is 4.25. The lowest BCUT2D eigenvalue weighted by atomic mass is 10.0. The van der Waals surface area contributed by atoms with Crippen LogP contribution in [-0.2, 0) is 6.54 Å². The topological polar surface area (TPSA) is 152 Å². The van der Waals surface area contributed by atoms with E-state index >= 15 is 0 Å². The number of rotatable bonds is 6. The molecule has 31 heavy (non-hydrogen) atoms. The molecule has 3 aromatic rings. The normalized spacial score (nSPS) is 11.0. The molecule has 2 aromatic carbocycles. The second-order valence-corrected chi connectivity index (χ2v) is 7.21. The predicted octanol–water partition coefficient (Wildman–Crippen LogP) is 3.10. The molecule has 0 spiro atoms. The van der Waals surface area contributed by atoms with E-state index in [2.05, 4.69) is 9.97 Å². The maximum atomic E-state index is 13.3. The van der Waals surface area contributed by atoms with Crippen LogP contribution in [0.15, 0.2) is 41.2 Å². The van der Waals surface area contributed by atoms with Gasteiger partial charge in [0.2, 0.25) is 0 Å². The first kappa shape index (κ1) is 21.6. The highest BCUT2D eigenvalue weighted by Gasteiger charge is 2.29. The number of carbonyl (C=O) groups excluding carboxylic acids is 1. The molecule has 1 amide bonds. The van der Waals surface area contributed by atoms with Crippen LogP contribution in [0, 0.1) is 27.2 Å². The number of benzene rings is 2. The first-order valence-electron chi connectivity index (χ1n) is 9.32. The minimum Gasteiger partial charge on any atom is -0.329 e. The molecule has 0 aliphatic carbocycles. The van der Waals surface area contributed by atoms with Gasteiger partial charge < -0.3 is 9.88 Å². The summed E-state index contributed by atoms with van der Waals surface area (Å²) < 4.78 is 0. The maximum Gasteiger partial charge on any atom is 0.279 e. The number of non-ortho nitro benzene ring substituents is 1. The van der Waals surface area contributed by atoms with Gasteiger partial charge in [-0.25, -0.2) is 4.98 Å². The minimum absolute atomic E-state index is 0.0196. The van der Waals surface area contributed by atoms with Gasteiger partial charge in [-0.15, -0.1) is 0 Å². The number of nitro groups is 2. The number of fused-ring (bicyclic) bond motifs is 1. The smallest absolute Gasteiger partial charge is 0.279 e. The van der Waals surface area contributed by atoms with Crippen LogP contribution in [-0.4, -0.2) is 36.7 Å². The molecule has 0 unspecified atom stereocenters. The average Bonchev–Trinajstić information content (AvgIpc) is 2.71. The van der Waals surface area contributed by atoms with Crippen LogP contribution in [0.3, 0.4) is 0 Å². The number of aromatic amines is 1. The summed E-state index contributed by atoms with van der Waals surface area (Å²) in [6, 6.07) is 8.20. The molecule has 0 fully saturated rings. The van der Waals surface area contributed by atoms with Crippen molar-refractivity contribution in [2.75, 3.05) is 0 Å². The molecular formula is C20H19N5O6. The number of nitro benzene ring substituents is 2. The van der Waals surface area contributed by atoms with E-state index in [-0.39, 0.29) is 35.1 Å². The number of carbonyl (C=O) groups is 1. The quantitative estimate of drug-likeness (QED) is 0.470. The maximum absolute atomic E-state index is 13.3. The van der Waals surface area contributed by atoms with Gasteiger partial charge in [0.05, 0.1) is 38.9 Å². The Balaban J connectivity index is 2.07. The molecule has 1 N–H and O–H groups in total. The Bertz CT molecular complexity index is 1270. The number of H-pyrrole nitrogens is 1. The molecule has 1 aromatic heterocycles. The zero-order valence-corrected chi connectivity index (χ0v) is 17.0. The van der Waals surface area contributed by atoms with Gasteiger partial charge in [0, 0.05) is 17.7 Å². The van der Waals surface area contributed by atoms with Crippen molar-refractivity contribution in [2.45, 2.75) is 33.4 Å². The fourth-order valence-electron chi connectivity index (χ4n) is 3.22. The van der Waals surface area contributed by atoms with Gasteiger partial charge >= 0.3 is 0 Å². The van der Waals surface area contributed by atoms with Crippen LogP contribution >= 0.6 is 0 Å². The molecule has 0 atom stereocenters. The largest absolute Gasteiger partial charge is 0.329 e. The van der Waals surface area contributed by atoms with Crippen LogP contribution in [0.2, 0.25) is 0 Å². The number of nitrogens with one attached hydrogen (secondary N) is 1. The Kier molecular flexibility index (Phi) is 5.77. The summed E-state index contributed by atoms with van der Waals surface area (Å²) in [6.45, 7) is 4.71. The number of amides is 1. The van der Waals surface area contributed by atoms with E-state index in [0.717, 1.165) is 12.1 Å². The molecule has 0 radical (unpaired) electrons. The van der Waals surface area contributed by atoms with Crippen molar-refractivity contribution in [3.8, 4) is 0 Å². The summed E-state index contributed by atoms with van der Waals surface area (Å²) in [5.74, 6) is -0.418. The molecule has 160 valence electrons. The number of nitrogens with zero attached hydrogens (tertiary/aromatic N) is 4. The first-order chi connectivity index (χ1) is 14.6. The van der Waals surface area contributed by atoms with Gasteiger partial charge in [-0.3, -0.25) is 29.8 Å². The Labute approximate surface area is 175 Å². The molecule has 0 aliphatic heterocycles.